The zero-order chi connectivity index (χ0) is 44.9. The molecule has 0 saturated carbocycles. The van der Waals surface area contributed by atoms with Crippen LogP contribution >= 0.6 is 11.8 Å². The summed E-state index contributed by atoms with van der Waals surface area (Å²) in [5.41, 5.74) is 6.40. The number of benzene rings is 4. The Kier molecular flexibility index (Phi) is 12.4. The summed E-state index contributed by atoms with van der Waals surface area (Å²) in [5, 5.41) is 15.4. The van der Waals surface area contributed by atoms with Crippen molar-refractivity contribution < 1.29 is 52.6 Å². The Morgan fingerprint density at radius 1 is 0.953 bits per heavy atom. The van der Waals surface area contributed by atoms with Gasteiger partial charge in [0.15, 0.2) is 40.0 Å². The van der Waals surface area contributed by atoms with Crippen LogP contribution in [0.2, 0.25) is 0 Å². The van der Waals surface area contributed by atoms with E-state index in [-0.39, 0.29) is 30.9 Å². The van der Waals surface area contributed by atoms with Crippen molar-refractivity contribution >= 4 is 23.7 Å². The molecule has 5 atom stereocenters. The Labute approximate surface area is 378 Å². The molecule has 1 saturated heterocycles. The Morgan fingerprint density at radius 2 is 1.75 bits per heavy atom. The second kappa shape index (κ2) is 18.0. The first kappa shape index (κ1) is 44.0. The number of rotatable bonds is 10. The number of nitrogens with one attached hydrogen (secondary N) is 1. The van der Waals surface area contributed by atoms with Crippen molar-refractivity contribution in [2.45, 2.75) is 75.6 Å². The molecule has 14 nitrogen and oxygen atoms in total. The van der Waals surface area contributed by atoms with Gasteiger partial charge in [-0.1, -0.05) is 36.4 Å². The summed E-state index contributed by atoms with van der Waals surface area (Å²) in [4.78, 5) is 32.7. The molecule has 1 fully saturated rings. The van der Waals surface area contributed by atoms with Gasteiger partial charge in [-0.25, -0.2) is 4.79 Å². The predicted molar refractivity (Wildman–Crippen MR) is 240 cm³/mol. The van der Waals surface area contributed by atoms with Crippen LogP contribution in [0.25, 0.3) is 0 Å². The molecule has 10 rings (SSSR count). The first-order chi connectivity index (χ1) is 31.0. The Balaban J connectivity index is 1.17. The Morgan fingerprint density at radius 3 is 2.50 bits per heavy atom. The maximum Gasteiger partial charge on any atom is 0.331 e. The molecule has 6 aliphatic heterocycles. The van der Waals surface area contributed by atoms with E-state index in [1.165, 1.54) is 6.92 Å². The monoisotopic (exact) mass is 895 g/mol. The van der Waals surface area contributed by atoms with E-state index in [1.807, 2.05) is 70.4 Å². The van der Waals surface area contributed by atoms with Crippen molar-refractivity contribution in [2.24, 2.45) is 0 Å². The van der Waals surface area contributed by atoms with Crippen molar-refractivity contribution in [3.63, 3.8) is 0 Å². The average molecular weight is 896 g/mol. The predicted octanol–water partition coefficient (Wildman–Crippen LogP) is 6.62. The third kappa shape index (κ3) is 7.58. The van der Waals surface area contributed by atoms with Crippen LogP contribution in [0.3, 0.4) is 0 Å². The van der Waals surface area contributed by atoms with Gasteiger partial charge >= 0.3 is 11.9 Å². The van der Waals surface area contributed by atoms with Gasteiger partial charge in [-0.2, -0.15) is 0 Å². The molecule has 0 aliphatic carbocycles. The molecule has 2 N–H and O–H groups in total. The summed E-state index contributed by atoms with van der Waals surface area (Å²) in [7, 11) is 7.23. The fourth-order valence-electron chi connectivity index (χ4n) is 10.6. The van der Waals surface area contributed by atoms with Crippen molar-refractivity contribution in [1.29, 1.82) is 0 Å². The molecule has 2 bridgehead atoms. The van der Waals surface area contributed by atoms with Gasteiger partial charge in [-0.3, -0.25) is 15.0 Å². The Bertz CT molecular complexity index is 2450. The van der Waals surface area contributed by atoms with Crippen molar-refractivity contribution in [3.05, 3.63) is 98.6 Å². The lowest BCUT2D eigenvalue weighted by molar-refractivity contribution is -0.154. The number of hydrogen-bond donors (Lipinski definition) is 2. The van der Waals surface area contributed by atoms with Gasteiger partial charge in [0.25, 0.3) is 0 Å². The lowest BCUT2D eigenvalue weighted by atomic mass is 9.77. The van der Waals surface area contributed by atoms with Gasteiger partial charge in [0, 0.05) is 47.5 Å². The highest BCUT2D eigenvalue weighted by atomic mass is 32.2. The van der Waals surface area contributed by atoms with E-state index in [4.69, 9.17) is 37.9 Å². The second-order valence-corrected chi connectivity index (χ2v) is 18.4. The van der Waals surface area contributed by atoms with E-state index in [1.54, 1.807) is 26.0 Å². The number of methoxy groups -OCH3 is 2. The fourth-order valence-corrected chi connectivity index (χ4v) is 12.3. The van der Waals surface area contributed by atoms with Crippen LogP contribution in [0, 0.1) is 13.8 Å². The molecule has 6 aliphatic rings. The molecule has 4 aromatic rings. The zero-order valence-electron chi connectivity index (χ0n) is 37.5. The Hall–Kier alpha value is -5.19. The molecular formula is C49H57N3O11S. The lowest BCUT2D eigenvalue weighted by Crippen LogP contribution is -2.59. The molecule has 3 unspecified atom stereocenters. The molecule has 1 spiro atoms. The third-order valence-corrected chi connectivity index (χ3v) is 14.8. The minimum absolute atomic E-state index is 0.00133. The standard InChI is InChI=1S/C49H57N3O11S/c1-27-20-32-14-11-17-52-34-24-60-48(55)49(33-22-35(56-6)36(21-31(33)15-16-50-49)59-19-18-58-23-30-12-9-8-10-13-30)25-64-47(41(52)40(51(4)5)37(32)42(54)43(27)57-7)39-38(34)46-45(61-26-62-46)28(2)44(39)63-29(3)53/h8-10,12-13,20-22,34,40-41,47,50,54H,11,14-19,23-26H2,1-7H3/t34?,40-,41?,47?,49-/m1/s1. The number of thioether (sulfide) groups is 1. The summed E-state index contributed by atoms with van der Waals surface area (Å²) in [6.07, 6.45) is 2.11. The molecule has 64 heavy (non-hydrogen) atoms. The summed E-state index contributed by atoms with van der Waals surface area (Å²) >= 11 is 1.60. The van der Waals surface area contributed by atoms with Gasteiger partial charge in [0.1, 0.15) is 19.0 Å². The highest BCUT2D eigenvalue weighted by molar-refractivity contribution is 7.99. The smallest absolute Gasteiger partial charge is 0.331 e. The van der Waals surface area contributed by atoms with Crippen LogP contribution in [0.1, 0.15) is 80.7 Å². The largest absolute Gasteiger partial charge is 0.504 e. The van der Waals surface area contributed by atoms with Crippen molar-refractivity contribution in [1.82, 2.24) is 15.1 Å². The average Bonchev–Trinajstić information content (AvgIpc) is 3.77. The fraction of sp³-hybridized carbons (Fsp3) is 0.469. The van der Waals surface area contributed by atoms with Crippen LogP contribution in [-0.2, 0) is 44.1 Å². The highest BCUT2D eigenvalue weighted by Gasteiger charge is 2.55. The van der Waals surface area contributed by atoms with Crippen LogP contribution in [0.5, 0.6) is 40.2 Å². The first-order valence-corrected chi connectivity index (χ1v) is 23.0. The molecule has 4 aromatic carbocycles. The van der Waals surface area contributed by atoms with Crippen LogP contribution < -0.4 is 33.7 Å². The number of aryl methyl sites for hydroxylation is 2. The number of nitrogens with zero attached hydrogens (tertiary/aromatic N) is 2. The SMILES string of the molecule is COc1cc2c(cc1OCCOCc1ccccc1)CCN[C@]21CSC2c3c(OC(C)=O)c(C)c4c(c3C(COC1=O)N1CCCc3cc(C)c(OC)c(O)c3[C@@H](N(C)C)C21)OCO4. The summed E-state index contributed by atoms with van der Waals surface area (Å²) in [6, 6.07) is 14.7. The molecule has 0 aromatic heterocycles. The maximum absolute atomic E-state index is 15.1. The van der Waals surface area contributed by atoms with E-state index in [2.05, 4.69) is 21.2 Å². The van der Waals surface area contributed by atoms with Crippen LogP contribution in [0.4, 0.5) is 0 Å². The summed E-state index contributed by atoms with van der Waals surface area (Å²) < 4.78 is 49.2. The molecule has 0 radical (unpaired) electrons. The van der Waals surface area contributed by atoms with E-state index in [9.17, 15) is 9.90 Å². The van der Waals surface area contributed by atoms with Crippen molar-refractivity contribution in [3.8, 4) is 40.2 Å². The van der Waals surface area contributed by atoms with Gasteiger partial charge in [-0.05, 0) is 93.7 Å². The van der Waals surface area contributed by atoms with Crippen LogP contribution in [-0.4, -0.2) is 107 Å². The highest BCUT2D eigenvalue weighted by Crippen LogP contribution is 2.62. The number of carbonyl (C=O) groups is 2. The minimum Gasteiger partial charge on any atom is -0.504 e. The lowest BCUT2D eigenvalue weighted by Gasteiger charge is -2.54. The molecule has 6 heterocycles. The van der Waals surface area contributed by atoms with Crippen LogP contribution in [0.15, 0.2) is 48.5 Å². The number of likely N-dealkylation sites (N-methyl/N-ethyl adjacent to an activating group) is 1. The zero-order valence-corrected chi connectivity index (χ0v) is 38.4. The van der Waals surface area contributed by atoms with E-state index >= 15 is 4.79 Å². The number of aromatic hydroxyl groups is 1. The number of ether oxygens (including phenoxy) is 8. The van der Waals surface area contributed by atoms with Gasteiger partial charge in [0.2, 0.25) is 6.79 Å². The number of carbonyl (C=O) groups excluding carboxylic acids is 2. The van der Waals surface area contributed by atoms with Gasteiger partial charge in [-0.15, -0.1) is 11.8 Å². The summed E-state index contributed by atoms with van der Waals surface area (Å²) in [6.45, 7) is 7.53. The van der Waals surface area contributed by atoms with Gasteiger partial charge in [0.05, 0.1) is 44.8 Å². The number of phenols is 1. The molecule has 0 amide bonds. The van der Waals surface area contributed by atoms with E-state index < -0.39 is 34.8 Å². The quantitative estimate of drug-likeness (QED) is 0.0998. The topological polar surface area (TPSA) is 147 Å². The van der Waals surface area contributed by atoms with E-state index in [0.717, 1.165) is 50.9 Å². The number of esters is 2. The van der Waals surface area contributed by atoms with E-state index in [0.29, 0.717) is 85.8 Å². The number of phenolic OH excluding ortho intramolecular Hbond substituents is 1. The number of hydrogen-bond acceptors (Lipinski definition) is 15. The normalized spacial score (nSPS) is 23.5. The summed E-state index contributed by atoms with van der Waals surface area (Å²) in [5.74, 6) is 2.44. The first-order valence-electron chi connectivity index (χ1n) is 21.9. The number of fused-ring (bicyclic) bond motifs is 6. The van der Waals surface area contributed by atoms with Crippen molar-refractivity contribution in [2.75, 3.05) is 73.8 Å². The minimum atomic E-state index is -1.30. The molecule has 15 heteroatoms. The molecule has 340 valence electrons. The van der Waals surface area contributed by atoms with Gasteiger partial charge < -0.3 is 47.9 Å². The second-order valence-electron chi connectivity index (χ2n) is 17.3. The maximum atomic E-state index is 15.1. The molecular weight excluding hydrogens is 839 g/mol. The third-order valence-electron chi connectivity index (χ3n) is 13.3.